The Morgan fingerprint density at radius 3 is 2.61 bits per heavy atom. The second kappa shape index (κ2) is 12.7. The van der Waals surface area contributed by atoms with Crippen LogP contribution in [-0.4, -0.2) is 49.5 Å². The minimum absolute atomic E-state index is 0. The standard InChI is InChI=1S/C24H33N5O.HI/c1-4-25-24(26-15-18(2)29(3)17-19-10-6-5-7-11-19)27-16-20-14-23(30)28-22-13-9-8-12-21(20)22;/h5-13,18,20H,4,14-17H2,1-3H3,(H,28,30)(H2,25,26,27);1H. The zero-order valence-corrected chi connectivity index (χ0v) is 20.9. The van der Waals surface area contributed by atoms with Crippen molar-refractivity contribution in [2.45, 2.75) is 38.8 Å². The minimum Gasteiger partial charge on any atom is -0.357 e. The lowest BCUT2D eigenvalue weighted by Gasteiger charge is -2.27. The van der Waals surface area contributed by atoms with Gasteiger partial charge in [-0.25, -0.2) is 0 Å². The predicted octanol–water partition coefficient (Wildman–Crippen LogP) is 3.81. The van der Waals surface area contributed by atoms with Crippen LogP contribution in [0.1, 0.15) is 37.3 Å². The first-order valence-electron chi connectivity index (χ1n) is 10.7. The van der Waals surface area contributed by atoms with Crippen LogP contribution in [0.2, 0.25) is 0 Å². The Labute approximate surface area is 202 Å². The number of para-hydroxylation sites is 1. The van der Waals surface area contributed by atoms with Gasteiger partial charge >= 0.3 is 0 Å². The van der Waals surface area contributed by atoms with E-state index in [-0.39, 0.29) is 35.8 Å². The van der Waals surface area contributed by atoms with E-state index in [9.17, 15) is 4.79 Å². The lowest BCUT2D eigenvalue weighted by molar-refractivity contribution is -0.116. The molecule has 6 nitrogen and oxygen atoms in total. The molecule has 0 spiro atoms. The first-order valence-corrected chi connectivity index (χ1v) is 10.7. The SMILES string of the molecule is CCNC(=NCC(C)N(C)Cc1ccccc1)NCC1CC(=O)Nc2ccccc21.I. The second-order valence-electron chi connectivity index (χ2n) is 7.89. The van der Waals surface area contributed by atoms with E-state index in [4.69, 9.17) is 4.99 Å². The lowest BCUT2D eigenvalue weighted by Crippen LogP contribution is -2.41. The van der Waals surface area contributed by atoms with Crippen molar-refractivity contribution in [2.24, 2.45) is 4.99 Å². The summed E-state index contributed by atoms with van der Waals surface area (Å²) in [6, 6.07) is 18.8. The van der Waals surface area contributed by atoms with Crippen LogP contribution in [0.25, 0.3) is 0 Å². The lowest BCUT2D eigenvalue weighted by atomic mass is 9.90. The minimum atomic E-state index is 0. The molecule has 0 radical (unpaired) electrons. The highest BCUT2D eigenvalue weighted by Crippen LogP contribution is 2.31. The zero-order chi connectivity index (χ0) is 21.3. The quantitative estimate of drug-likeness (QED) is 0.273. The van der Waals surface area contributed by atoms with Crippen molar-refractivity contribution < 1.29 is 4.79 Å². The third-order valence-corrected chi connectivity index (χ3v) is 5.51. The molecule has 2 aromatic rings. The molecule has 0 bridgehead atoms. The van der Waals surface area contributed by atoms with Gasteiger partial charge in [0.25, 0.3) is 0 Å². The molecule has 0 saturated heterocycles. The number of benzene rings is 2. The van der Waals surface area contributed by atoms with Gasteiger partial charge in [0.05, 0.1) is 6.54 Å². The van der Waals surface area contributed by atoms with E-state index in [0.29, 0.717) is 25.6 Å². The summed E-state index contributed by atoms with van der Waals surface area (Å²) in [4.78, 5) is 19.2. The van der Waals surface area contributed by atoms with Crippen LogP contribution >= 0.6 is 24.0 Å². The summed E-state index contributed by atoms with van der Waals surface area (Å²) in [6.07, 6.45) is 0.486. The smallest absolute Gasteiger partial charge is 0.225 e. The molecule has 0 saturated carbocycles. The summed E-state index contributed by atoms with van der Waals surface area (Å²) in [5.41, 5.74) is 3.39. The maximum atomic E-state index is 12.1. The average molecular weight is 535 g/mol. The number of likely N-dealkylation sites (N-methyl/N-ethyl adjacent to an activating group) is 1. The Kier molecular flexibility index (Phi) is 10.3. The van der Waals surface area contributed by atoms with Gasteiger partial charge in [0.1, 0.15) is 0 Å². The number of rotatable bonds is 8. The van der Waals surface area contributed by atoms with Crippen LogP contribution in [0.4, 0.5) is 5.69 Å². The first kappa shape index (κ1) is 25.1. The molecule has 2 aromatic carbocycles. The van der Waals surface area contributed by atoms with Crippen molar-refractivity contribution >= 4 is 41.5 Å². The molecule has 3 N–H and O–H groups in total. The summed E-state index contributed by atoms with van der Waals surface area (Å²) in [5.74, 6) is 0.997. The Bertz CT molecular complexity index is 858. The molecule has 3 rings (SSSR count). The highest BCUT2D eigenvalue weighted by atomic mass is 127. The number of halogens is 1. The number of hydrogen-bond acceptors (Lipinski definition) is 3. The zero-order valence-electron chi connectivity index (χ0n) is 18.6. The van der Waals surface area contributed by atoms with E-state index < -0.39 is 0 Å². The molecule has 0 aliphatic carbocycles. The number of nitrogens with zero attached hydrogens (tertiary/aromatic N) is 2. The largest absolute Gasteiger partial charge is 0.357 e. The Balaban J connectivity index is 0.00000341. The maximum Gasteiger partial charge on any atom is 0.225 e. The molecule has 168 valence electrons. The molecule has 1 heterocycles. The molecular weight excluding hydrogens is 501 g/mol. The molecule has 0 aromatic heterocycles. The molecule has 1 amide bonds. The monoisotopic (exact) mass is 535 g/mol. The Morgan fingerprint density at radius 2 is 1.87 bits per heavy atom. The molecule has 31 heavy (non-hydrogen) atoms. The van der Waals surface area contributed by atoms with Crippen LogP contribution in [0, 0.1) is 0 Å². The van der Waals surface area contributed by atoms with Gasteiger partial charge in [-0.2, -0.15) is 0 Å². The third-order valence-electron chi connectivity index (χ3n) is 5.51. The van der Waals surface area contributed by atoms with E-state index >= 15 is 0 Å². The van der Waals surface area contributed by atoms with E-state index in [0.717, 1.165) is 24.7 Å². The van der Waals surface area contributed by atoms with Gasteiger partial charge < -0.3 is 16.0 Å². The van der Waals surface area contributed by atoms with Crippen LogP contribution < -0.4 is 16.0 Å². The number of hydrogen-bond donors (Lipinski definition) is 3. The van der Waals surface area contributed by atoms with E-state index in [1.54, 1.807) is 0 Å². The van der Waals surface area contributed by atoms with Gasteiger partial charge in [0, 0.05) is 43.7 Å². The molecule has 2 unspecified atom stereocenters. The summed E-state index contributed by atoms with van der Waals surface area (Å²) in [5, 5.41) is 9.71. The van der Waals surface area contributed by atoms with Crippen LogP contribution in [0.5, 0.6) is 0 Å². The predicted molar refractivity (Wildman–Crippen MR) is 139 cm³/mol. The summed E-state index contributed by atoms with van der Waals surface area (Å²) in [6.45, 7) is 7.31. The van der Waals surface area contributed by atoms with Crippen LogP contribution in [0.15, 0.2) is 59.6 Å². The first-order chi connectivity index (χ1) is 14.6. The summed E-state index contributed by atoms with van der Waals surface area (Å²) < 4.78 is 0. The van der Waals surface area contributed by atoms with Gasteiger partial charge in [-0.1, -0.05) is 48.5 Å². The highest BCUT2D eigenvalue weighted by molar-refractivity contribution is 14.0. The molecule has 0 fully saturated rings. The fourth-order valence-corrected chi connectivity index (χ4v) is 3.64. The number of carbonyl (C=O) groups is 1. The number of amides is 1. The molecule has 2 atom stereocenters. The summed E-state index contributed by atoms with van der Waals surface area (Å²) >= 11 is 0. The molecular formula is C24H34IN5O. The Morgan fingerprint density at radius 1 is 1.16 bits per heavy atom. The average Bonchev–Trinajstić information content (AvgIpc) is 2.75. The number of guanidine groups is 1. The number of nitrogens with one attached hydrogen (secondary N) is 3. The van der Waals surface area contributed by atoms with Crippen molar-refractivity contribution in [1.82, 2.24) is 15.5 Å². The van der Waals surface area contributed by atoms with Gasteiger partial charge in [-0.05, 0) is 38.1 Å². The van der Waals surface area contributed by atoms with Crippen molar-refractivity contribution in [3.8, 4) is 0 Å². The van der Waals surface area contributed by atoms with Gasteiger partial charge in [-0.15, -0.1) is 24.0 Å². The summed E-state index contributed by atoms with van der Waals surface area (Å²) in [7, 11) is 2.13. The van der Waals surface area contributed by atoms with Crippen molar-refractivity contribution in [3.05, 3.63) is 65.7 Å². The third kappa shape index (κ3) is 7.50. The van der Waals surface area contributed by atoms with Gasteiger partial charge in [-0.3, -0.25) is 14.7 Å². The second-order valence-corrected chi connectivity index (χ2v) is 7.89. The van der Waals surface area contributed by atoms with E-state index in [1.165, 1.54) is 11.1 Å². The van der Waals surface area contributed by atoms with Gasteiger partial charge in [0.15, 0.2) is 5.96 Å². The number of carbonyl (C=O) groups excluding carboxylic acids is 1. The highest BCUT2D eigenvalue weighted by Gasteiger charge is 2.24. The van der Waals surface area contributed by atoms with Crippen molar-refractivity contribution in [1.29, 1.82) is 0 Å². The molecule has 1 aliphatic rings. The van der Waals surface area contributed by atoms with Gasteiger partial charge in [0.2, 0.25) is 5.91 Å². The van der Waals surface area contributed by atoms with Crippen LogP contribution in [-0.2, 0) is 11.3 Å². The topological polar surface area (TPSA) is 68.8 Å². The van der Waals surface area contributed by atoms with Crippen molar-refractivity contribution in [2.75, 3.05) is 32.0 Å². The maximum absolute atomic E-state index is 12.1. The fourth-order valence-electron chi connectivity index (χ4n) is 3.64. The van der Waals surface area contributed by atoms with Crippen molar-refractivity contribution in [3.63, 3.8) is 0 Å². The van der Waals surface area contributed by atoms with Crippen LogP contribution in [0.3, 0.4) is 0 Å². The normalized spacial score (nSPS) is 16.7. The number of fused-ring (bicyclic) bond motifs is 1. The molecule has 7 heteroatoms. The number of aliphatic imine (C=N–C) groups is 1. The fraction of sp³-hybridized carbons (Fsp3) is 0.417. The van der Waals surface area contributed by atoms with E-state index in [2.05, 4.69) is 72.1 Å². The molecule has 1 aliphatic heterocycles. The van der Waals surface area contributed by atoms with E-state index in [1.807, 2.05) is 24.3 Å². The Hall–Kier alpha value is -2.13. The number of anilines is 1.